The molecule has 0 aromatic carbocycles. The molecule has 2 unspecified atom stereocenters. The molecule has 0 rings (SSSR count). The second-order valence-electron chi connectivity index (χ2n) is 4.25. The van der Waals surface area contributed by atoms with Crippen LogP contribution >= 0.6 is 0 Å². The van der Waals surface area contributed by atoms with Gasteiger partial charge >= 0.3 is 18.9 Å². The van der Waals surface area contributed by atoms with Crippen molar-refractivity contribution in [3.8, 4) is 6.07 Å². The molecule has 0 spiro atoms. The maximum Gasteiger partial charge on any atom is 1.00 e. The molecule has 0 amide bonds. The summed E-state index contributed by atoms with van der Waals surface area (Å²) in [5, 5.41) is 8.37. The summed E-state index contributed by atoms with van der Waals surface area (Å²) in [4.78, 5) is 0. The Morgan fingerprint density at radius 1 is 1.13 bits per heavy atom. The summed E-state index contributed by atoms with van der Waals surface area (Å²) >= 11 is 0. The monoisotopic (exact) mass is 347 g/mol. The third-order valence-corrected chi connectivity index (χ3v) is 2.80. The van der Waals surface area contributed by atoms with Crippen LogP contribution in [0.25, 0.3) is 0 Å². The number of nitrogens with zero attached hydrogens (tertiary/aromatic N) is 1. The smallest absolute Gasteiger partial charge is 0.726 e. The molecule has 11 heteroatoms. The van der Waals surface area contributed by atoms with E-state index in [2.05, 4.69) is 4.18 Å². The molecular weight excluding hydrogens is 325 g/mol. The van der Waals surface area contributed by atoms with Crippen LogP contribution in [-0.2, 0) is 33.5 Å². The van der Waals surface area contributed by atoms with E-state index in [0.717, 1.165) is 6.42 Å². The van der Waals surface area contributed by atoms with E-state index in [-0.39, 0.29) is 45.3 Å². The molecule has 2 atom stereocenters. The van der Waals surface area contributed by atoms with E-state index in [4.69, 9.17) is 24.2 Å². The zero-order valence-electron chi connectivity index (χ0n) is 13.7. The summed E-state index contributed by atoms with van der Waals surface area (Å²) in [5.74, 6) is 0. The van der Waals surface area contributed by atoms with Gasteiger partial charge in [-0.15, -0.1) is 0 Å². The summed E-state index contributed by atoms with van der Waals surface area (Å²) in [6, 6.07) is 1.82. The molecule has 9 nitrogen and oxygen atoms in total. The molecular formula is C12H22LiNO8S. The van der Waals surface area contributed by atoms with Crippen molar-refractivity contribution in [3.63, 3.8) is 0 Å². The number of nitriles is 1. The molecule has 0 aliphatic rings. The fourth-order valence-electron chi connectivity index (χ4n) is 1.33. The van der Waals surface area contributed by atoms with Crippen molar-refractivity contribution in [2.45, 2.75) is 25.6 Å². The molecule has 0 N–H and O–H groups in total. The Balaban J connectivity index is 0. The minimum absolute atomic E-state index is 0. The van der Waals surface area contributed by atoms with E-state index in [1.54, 1.807) is 0 Å². The van der Waals surface area contributed by atoms with Crippen molar-refractivity contribution in [3.05, 3.63) is 0 Å². The first kappa shape index (κ1) is 25.0. The van der Waals surface area contributed by atoms with Crippen molar-refractivity contribution in [1.82, 2.24) is 0 Å². The minimum Gasteiger partial charge on any atom is -0.726 e. The summed E-state index contributed by atoms with van der Waals surface area (Å²) in [7, 11) is -3.34. The van der Waals surface area contributed by atoms with E-state index >= 15 is 0 Å². The van der Waals surface area contributed by atoms with Crippen LogP contribution in [0.4, 0.5) is 0 Å². The van der Waals surface area contributed by atoms with Gasteiger partial charge in [-0.3, -0.25) is 4.18 Å². The number of ether oxygens (including phenoxy) is 4. The average Bonchev–Trinajstić information content (AvgIpc) is 2.46. The molecule has 0 heterocycles. The third kappa shape index (κ3) is 16.4. The second kappa shape index (κ2) is 15.3. The zero-order chi connectivity index (χ0) is 16.8. The van der Waals surface area contributed by atoms with Crippen molar-refractivity contribution < 1.29 is 55.0 Å². The second-order valence-corrected chi connectivity index (χ2v) is 5.31. The van der Waals surface area contributed by atoms with Crippen LogP contribution in [-0.4, -0.2) is 71.9 Å². The van der Waals surface area contributed by atoms with Crippen LogP contribution < -0.4 is 18.9 Å². The van der Waals surface area contributed by atoms with Gasteiger partial charge in [-0.25, -0.2) is 8.42 Å². The Morgan fingerprint density at radius 3 is 2.30 bits per heavy atom. The van der Waals surface area contributed by atoms with Crippen molar-refractivity contribution in [2.75, 3.05) is 46.8 Å². The van der Waals surface area contributed by atoms with Gasteiger partial charge in [0, 0.05) is 13.7 Å². The SMILES string of the molecule is CCCOCC(COS(=O)(=O)[O-])OCC(COCC#N)OC.[Li+]. The quantitative estimate of drug-likeness (QED) is 0.138. The Kier molecular flexibility index (Phi) is 16.7. The Hall–Kier alpha value is -0.203. The Morgan fingerprint density at radius 2 is 1.78 bits per heavy atom. The van der Waals surface area contributed by atoms with Crippen molar-refractivity contribution in [2.24, 2.45) is 0 Å². The van der Waals surface area contributed by atoms with E-state index in [9.17, 15) is 13.0 Å². The van der Waals surface area contributed by atoms with Crippen LogP contribution in [0.2, 0.25) is 0 Å². The van der Waals surface area contributed by atoms with Crippen LogP contribution in [0.15, 0.2) is 0 Å². The normalized spacial score (nSPS) is 13.8. The Labute approximate surface area is 149 Å². The summed E-state index contributed by atoms with van der Waals surface area (Å²) < 4.78 is 56.4. The van der Waals surface area contributed by atoms with Gasteiger partial charge in [-0.1, -0.05) is 6.92 Å². The van der Waals surface area contributed by atoms with Gasteiger partial charge in [-0.2, -0.15) is 5.26 Å². The fraction of sp³-hybridized carbons (Fsp3) is 0.917. The molecule has 0 aliphatic heterocycles. The number of methoxy groups -OCH3 is 1. The van der Waals surface area contributed by atoms with Crippen molar-refractivity contribution in [1.29, 1.82) is 5.26 Å². The van der Waals surface area contributed by atoms with E-state index in [1.165, 1.54) is 7.11 Å². The molecule has 130 valence electrons. The molecule has 0 aromatic heterocycles. The molecule has 0 saturated heterocycles. The van der Waals surface area contributed by atoms with E-state index in [0.29, 0.717) is 6.61 Å². The first-order valence-electron chi connectivity index (χ1n) is 6.70. The molecule has 0 fully saturated rings. The van der Waals surface area contributed by atoms with Crippen LogP contribution in [0, 0.1) is 11.3 Å². The largest absolute Gasteiger partial charge is 1.00 e. The maximum absolute atomic E-state index is 10.5. The third-order valence-electron chi connectivity index (χ3n) is 2.37. The van der Waals surface area contributed by atoms with Crippen LogP contribution in [0.5, 0.6) is 0 Å². The van der Waals surface area contributed by atoms with Gasteiger partial charge < -0.3 is 23.5 Å². The molecule has 23 heavy (non-hydrogen) atoms. The number of hydrogen-bond donors (Lipinski definition) is 0. The first-order valence-corrected chi connectivity index (χ1v) is 8.03. The van der Waals surface area contributed by atoms with Gasteiger partial charge in [0.1, 0.15) is 18.8 Å². The molecule has 0 radical (unpaired) electrons. The number of rotatable bonds is 14. The summed E-state index contributed by atoms with van der Waals surface area (Å²) in [6.07, 6.45) is -0.384. The fourth-order valence-corrected chi connectivity index (χ4v) is 1.64. The van der Waals surface area contributed by atoms with Gasteiger partial charge in [-0.05, 0) is 6.42 Å². The van der Waals surface area contributed by atoms with Gasteiger partial charge in [0.2, 0.25) is 10.4 Å². The van der Waals surface area contributed by atoms with Crippen molar-refractivity contribution >= 4 is 10.4 Å². The molecule has 0 aromatic rings. The standard InChI is InChI=1S/C12H23NO8S.Li/c1-3-5-18-8-12(10-21-22(14,15)16)20-9-11(17-2)7-19-6-4-13;/h11-12H,3,5-10H2,1-2H3,(H,14,15,16);/q;+1/p-1. The molecule has 0 aliphatic carbocycles. The van der Waals surface area contributed by atoms with E-state index < -0.39 is 29.2 Å². The van der Waals surface area contributed by atoms with Crippen LogP contribution in [0.3, 0.4) is 0 Å². The van der Waals surface area contributed by atoms with Gasteiger partial charge in [0.15, 0.2) is 0 Å². The predicted octanol–water partition coefficient (Wildman–Crippen LogP) is -3.17. The molecule has 0 saturated carbocycles. The minimum atomic E-state index is -4.79. The summed E-state index contributed by atoms with van der Waals surface area (Å²) in [6.45, 7) is 2.19. The maximum atomic E-state index is 10.5. The Bertz CT molecular complexity index is 414. The van der Waals surface area contributed by atoms with Crippen LogP contribution in [0.1, 0.15) is 13.3 Å². The predicted molar refractivity (Wildman–Crippen MR) is 73.7 cm³/mol. The van der Waals surface area contributed by atoms with E-state index in [1.807, 2.05) is 13.0 Å². The topological polar surface area (TPSA) is 127 Å². The average molecular weight is 347 g/mol. The first-order chi connectivity index (χ1) is 10.4. The van der Waals surface area contributed by atoms with Gasteiger partial charge in [0.05, 0.1) is 32.5 Å². The summed E-state index contributed by atoms with van der Waals surface area (Å²) in [5.41, 5.74) is 0. The zero-order valence-corrected chi connectivity index (χ0v) is 14.5. The van der Waals surface area contributed by atoms with Gasteiger partial charge in [0.25, 0.3) is 0 Å². The molecule has 0 bridgehead atoms. The number of hydrogen-bond acceptors (Lipinski definition) is 9.